The maximum Gasteiger partial charge on any atom is 0.164 e. The van der Waals surface area contributed by atoms with Gasteiger partial charge >= 0.3 is 0 Å². The zero-order valence-corrected chi connectivity index (χ0v) is 26.6. The van der Waals surface area contributed by atoms with E-state index in [0.717, 1.165) is 22.4 Å². The molecule has 5 heteroatoms. The van der Waals surface area contributed by atoms with Crippen molar-refractivity contribution >= 4 is 47.9 Å². The first-order valence-electron chi connectivity index (χ1n) is 16.2. The summed E-state index contributed by atoms with van der Waals surface area (Å²) in [5, 5.41) is 4.84. The standard InChI is InChI=1S/C43H27N3OS/c1-2-12-27(13-3-1)41-44-42(32-18-10-22-37-38(32)31-15-6-7-21-36(31)48-37)46-43(45-41)33-17-9-20-35-40(33)39-30(16-8-19-34(39)47-35)29-24-23-26-11-4-5-14-28(26)25-29/h1-25,35,40H. The topological polar surface area (TPSA) is 47.9 Å². The molecule has 10 rings (SSSR count). The molecule has 48 heavy (non-hydrogen) atoms. The third-order valence-electron chi connectivity index (χ3n) is 9.51. The van der Waals surface area contributed by atoms with E-state index in [-0.39, 0.29) is 12.0 Å². The Morgan fingerprint density at radius 2 is 1.31 bits per heavy atom. The van der Waals surface area contributed by atoms with Crippen LogP contribution in [0.15, 0.2) is 152 Å². The fraction of sp³-hybridized carbons (Fsp3) is 0.0465. The highest BCUT2D eigenvalue weighted by molar-refractivity contribution is 7.25. The Bertz CT molecular complexity index is 2620. The summed E-state index contributed by atoms with van der Waals surface area (Å²) in [5.41, 5.74) is 6.49. The fourth-order valence-electron chi connectivity index (χ4n) is 7.33. The molecule has 0 fully saturated rings. The average molecular weight is 634 g/mol. The molecule has 0 N–H and O–H groups in total. The normalized spacial score (nSPS) is 16.5. The molecule has 2 unspecified atom stereocenters. The molecule has 226 valence electrons. The van der Waals surface area contributed by atoms with Crippen LogP contribution in [0.25, 0.3) is 70.4 Å². The number of benzene rings is 6. The van der Waals surface area contributed by atoms with Gasteiger partial charge in [-0.05, 0) is 52.2 Å². The first-order valence-corrected chi connectivity index (χ1v) is 17.0. The van der Waals surface area contributed by atoms with Crippen molar-refractivity contribution in [3.05, 3.63) is 163 Å². The van der Waals surface area contributed by atoms with Gasteiger partial charge in [0.1, 0.15) is 11.9 Å². The van der Waals surface area contributed by atoms with E-state index in [4.69, 9.17) is 19.7 Å². The maximum absolute atomic E-state index is 6.64. The predicted molar refractivity (Wildman–Crippen MR) is 197 cm³/mol. The van der Waals surface area contributed by atoms with Crippen LogP contribution in [0.2, 0.25) is 0 Å². The van der Waals surface area contributed by atoms with E-state index >= 15 is 0 Å². The fourth-order valence-corrected chi connectivity index (χ4v) is 8.46. The molecule has 3 heterocycles. The molecule has 8 aromatic rings. The van der Waals surface area contributed by atoms with Crippen LogP contribution in [-0.4, -0.2) is 21.1 Å². The lowest BCUT2D eigenvalue weighted by atomic mass is 9.80. The van der Waals surface area contributed by atoms with Gasteiger partial charge in [0, 0.05) is 42.4 Å². The molecule has 2 atom stereocenters. The van der Waals surface area contributed by atoms with Gasteiger partial charge in [-0.15, -0.1) is 11.3 Å². The Labute approximate surface area is 281 Å². The molecule has 2 aromatic heterocycles. The van der Waals surface area contributed by atoms with Crippen LogP contribution in [0.5, 0.6) is 5.75 Å². The number of thiophene rings is 1. The minimum Gasteiger partial charge on any atom is -0.485 e. The average Bonchev–Trinajstić information content (AvgIpc) is 3.73. The van der Waals surface area contributed by atoms with Crippen LogP contribution in [0.4, 0.5) is 0 Å². The highest BCUT2D eigenvalue weighted by Gasteiger charge is 2.40. The molecule has 6 aromatic carbocycles. The largest absolute Gasteiger partial charge is 0.485 e. The van der Waals surface area contributed by atoms with Gasteiger partial charge in [0.05, 0.1) is 5.92 Å². The van der Waals surface area contributed by atoms with Crippen molar-refractivity contribution in [3.63, 3.8) is 0 Å². The van der Waals surface area contributed by atoms with Crippen molar-refractivity contribution in [1.29, 1.82) is 0 Å². The summed E-state index contributed by atoms with van der Waals surface area (Å²) in [4.78, 5) is 15.6. The van der Waals surface area contributed by atoms with E-state index in [0.29, 0.717) is 17.5 Å². The van der Waals surface area contributed by atoms with Crippen LogP contribution >= 0.6 is 11.3 Å². The molecule has 0 spiro atoms. The van der Waals surface area contributed by atoms with Crippen LogP contribution < -0.4 is 4.74 Å². The van der Waals surface area contributed by atoms with E-state index in [9.17, 15) is 0 Å². The highest BCUT2D eigenvalue weighted by Crippen LogP contribution is 2.51. The predicted octanol–water partition coefficient (Wildman–Crippen LogP) is 10.9. The van der Waals surface area contributed by atoms with Crippen LogP contribution in [-0.2, 0) is 0 Å². The zero-order chi connectivity index (χ0) is 31.6. The number of hydrogen-bond donors (Lipinski definition) is 0. The molecule has 4 nitrogen and oxygen atoms in total. The minimum atomic E-state index is -0.161. The van der Waals surface area contributed by atoms with Gasteiger partial charge in [-0.1, -0.05) is 121 Å². The Morgan fingerprint density at radius 3 is 2.25 bits per heavy atom. The van der Waals surface area contributed by atoms with Crippen molar-refractivity contribution in [3.8, 4) is 39.7 Å². The number of ether oxygens (including phenoxy) is 1. The second-order valence-electron chi connectivity index (χ2n) is 12.3. The summed E-state index contributed by atoms with van der Waals surface area (Å²) < 4.78 is 9.11. The quantitative estimate of drug-likeness (QED) is 0.193. The Balaban J connectivity index is 1.18. The second-order valence-corrected chi connectivity index (χ2v) is 13.4. The van der Waals surface area contributed by atoms with Crippen molar-refractivity contribution < 1.29 is 4.74 Å². The van der Waals surface area contributed by atoms with E-state index in [1.165, 1.54) is 47.6 Å². The van der Waals surface area contributed by atoms with Gasteiger partial charge in [-0.25, -0.2) is 15.0 Å². The lowest BCUT2D eigenvalue weighted by Gasteiger charge is -2.23. The molecule has 0 saturated heterocycles. The molecule has 1 aliphatic heterocycles. The minimum absolute atomic E-state index is 0.0793. The molecule has 2 aliphatic rings. The van der Waals surface area contributed by atoms with Crippen LogP contribution in [0.3, 0.4) is 0 Å². The third kappa shape index (κ3) is 4.32. The summed E-state index contributed by atoms with van der Waals surface area (Å²) in [7, 11) is 0. The molecule has 1 aliphatic carbocycles. The van der Waals surface area contributed by atoms with E-state index in [2.05, 4.69) is 133 Å². The van der Waals surface area contributed by atoms with Gasteiger partial charge in [-0.3, -0.25) is 0 Å². The van der Waals surface area contributed by atoms with Crippen molar-refractivity contribution in [2.24, 2.45) is 0 Å². The maximum atomic E-state index is 6.64. The molecule has 0 bridgehead atoms. The monoisotopic (exact) mass is 633 g/mol. The lowest BCUT2D eigenvalue weighted by Crippen LogP contribution is -2.21. The van der Waals surface area contributed by atoms with Crippen LogP contribution in [0.1, 0.15) is 17.3 Å². The second kappa shape index (κ2) is 10.8. The van der Waals surface area contributed by atoms with E-state index < -0.39 is 0 Å². The van der Waals surface area contributed by atoms with Crippen molar-refractivity contribution in [2.45, 2.75) is 12.0 Å². The Morgan fingerprint density at radius 1 is 0.562 bits per heavy atom. The van der Waals surface area contributed by atoms with Gasteiger partial charge in [0.2, 0.25) is 0 Å². The number of aromatic nitrogens is 3. The Kier molecular flexibility index (Phi) is 6.14. The molecule has 0 saturated carbocycles. The summed E-state index contributed by atoms with van der Waals surface area (Å²) in [6.07, 6.45) is 6.23. The van der Waals surface area contributed by atoms with Gasteiger partial charge in [0.15, 0.2) is 17.5 Å². The van der Waals surface area contributed by atoms with Gasteiger partial charge in [-0.2, -0.15) is 0 Å². The summed E-state index contributed by atoms with van der Waals surface area (Å²) in [6, 6.07) is 46.8. The first-order chi connectivity index (χ1) is 23.8. The number of nitrogens with zero attached hydrogens (tertiary/aromatic N) is 3. The lowest BCUT2D eigenvalue weighted by molar-refractivity contribution is 0.271. The third-order valence-corrected chi connectivity index (χ3v) is 10.6. The van der Waals surface area contributed by atoms with Crippen molar-refractivity contribution in [1.82, 2.24) is 15.0 Å². The molecule has 0 amide bonds. The van der Waals surface area contributed by atoms with Crippen molar-refractivity contribution in [2.75, 3.05) is 0 Å². The smallest absolute Gasteiger partial charge is 0.164 e. The van der Waals surface area contributed by atoms with E-state index in [1.54, 1.807) is 11.3 Å². The first kappa shape index (κ1) is 27.2. The molecular formula is C43H27N3OS. The van der Waals surface area contributed by atoms with E-state index in [1.807, 2.05) is 18.2 Å². The number of fused-ring (bicyclic) bond motifs is 7. The number of allylic oxidation sites excluding steroid dienone is 2. The number of rotatable bonds is 4. The van der Waals surface area contributed by atoms with Crippen LogP contribution in [0, 0.1) is 0 Å². The summed E-state index contributed by atoms with van der Waals surface area (Å²) in [6.45, 7) is 0. The summed E-state index contributed by atoms with van der Waals surface area (Å²) >= 11 is 1.80. The molecule has 0 radical (unpaired) electrons. The van der Waals surface area contributed by atoms with Gasteiger partial charge in [0.25, 0.3) is 0 Å². The molecular weight excluding hydrogens is 607 g/mol. The highest BCUT2D eigenvalue weighted by atomic mass is 32.1. The summed E-state index contributed by atoms with van der Waals surface area (Å²) in [5.74, 6) is 2.81. The Hall–Kier alpha value is -5.91. The van der Waals surface area contributed by atoms with Gasteiger partial charge < -0.3 is 4.74 Å². The SMILES string of the molecule is C1=CC2Oc3cccc(-c4ccc5ccccc5c4)c3C2C(c2nc(-c3ccccc3)nc(-c3cccc4sc5ccccc5c34)n2)=C1. The number of hydrogen-bond acceptors (Lipinski definition) is 5. The zero-order valence-electron chi connectivity index (χ0n) is 25.7.